The monoisotopic (exact) mass is 257 g/mol. The van der Waals surface area contributed by atoms with Crippen molar-refractivity contribution < 1.29 is 5.11 Å². The number of aryl methyl sites for hydroxylation is 1. The van der Waals surface area contributed by atoms with Crippen LogP contribution in [0.4, 0.5) is 5.82 Å². The second-order valence-corrected chi connectivity index (χ2v) is 4.46. The van der Waals surface area contributed by atoms with Gasteiger partial charge in [0.05, 0.1) is 18.8 Å². The number of hydrogen-bond donors (Lipinski definition) is 1. The fourth-order valence-electron chi connectivity index (χ4n) is 1.97. The third-order valence-electron chi connectivity index (χ3n) is 3.00. The fourth-order valence-corrected chi connectivity index (χ4v) is 1.97. The summed E-state index contributed by atoms with van der Waals surface area (Å²) in [6.45, 7) is 5.68. The van der Waals surface area contributed by atoms with Gasteiger partial charge in [-0.3, -0.25) is 4.98 Å². The number of hydrogen-bond acceptors (Lipinski definition) is 4. The van der Waals surface area contributed by atoms with Gasteiger partial charge in [-0.2, -0.15) is 0 Å². The van der Waals surface area contributed by atoms with Crippen LogP contribution in [0.3, 0.4) is 0 Å². The van der Waals surface area contributed by atoms with E-state index in [2.05, 4.69) is 21.8 Å². The van der Waals surface area contributed by atoms with Crippen molar-refractivity contribution in [1.82, 2.24) is 9.97 Å². The molecule has 0 unspecified atom stereocenters. The van der Waals surface area contributed by atoms with Crippen LogP contribution < -0.4 is 4.90 Å². The average molecular weight is 257 g/mol. The van der Waals surface area contributed by atoms with E-state index in [9.17, 15) is 5.11 Å². The highest BCUT2D eigenvalue weighted by molar-refractivity contribution is 5.41. The van der Waals surface area contributed by atoms with Crippen LogP contribution >= 0.6 is 0 Å². The topological polar surface area (TPSA) is 49.2 Å². The van der Waals surface area contributed by atoms with E-state index in [1.54, 1.807) is 6.20 Å². The maximum atomic E-state index is 9.18. The molecule has 0 saturated heterocycles. The van der Waals surface area contributed by atoms with Gasteiger partial charge in [0.15, 0.2) is 0 Å². The summed E-state index contributed by atoms with van der Waals surface area (Å²) in [6.07, 6.45) is 1.73. The molecule has 0 aliphatic rings. The Morgan fingerprint density at radius 2 is 2.11 bits per heavy atom. The molecule has 0 radical (unpaired) electrons. The Labute approximate surface area is 113 Å². The molecule has 2 rings (SSSR count). The zero-order valence-electron chi connectivity index (χ0n) is 11.4. The molecule has 2 aromatic rings. The highest BCUT2D eigenvalue weighted by atomic mass is 16.3. The second-order valence-electron chi connectivity index (χ2n) is 4.46. The van der Waals surface area contributed by atoms with Gasteiger partial charge in [0, 0.05) is 18.4 Å². The second kappa shape index (κ2) is 6.29. The summed E-state index contributed by atoms with van der Waals surface area (Å²) in [7, 11) is 0. The number of aliphatic hydroxyl groups is 1. The molecule has 0 aliphatic carbocycles. The minimum absolute atomic E-state index is 0.0375. The Morgan fingerprint density at radius 3 is 2.79 bits per heavy atom. The van der Waals surface area contributed by atoms with Gasteiger partial charge in [-0.25, -0.2) is 4.98 Å². The van der Waals surface area contributed by atoms with Crippen LogP contribution in [0.5, 0.6) is 0 Å². The van der Waals surface area contributed by atoms with Crippen molar-refractivity contribution in [3.05, 3.63) is 53.5 Å². The predicted octanol–water partition coefficient (Wildman–Crippen LogP) is 2.30. The molecule has 1 N–H and O–H groups in total. The van der Waals surface area contributed by atoms with Crippen LogP contribution in [-0.4, -0.2) is 21.6 Å². The minimum atomic E-state index is 0.0375. The molecule has 0 amide bonds. The molecule has 0 aromatic carbocycles. The van der Waals surface area contributed by atoms with E-state index < -0.39 is 0 Å². The van der Waals surface area contributed by atoms with Crippen LogP contribution in [-0.2, 0) is 13.2 Å². The normalized spacial score (nSPS) is 10.5. The van der Waals surface area contributed by atoms with Gasteiger partial charge in [-0.05, 0) is 43.7 Å². The summed E-state index contributed by atoms with van der Waals surface area (Å²) in [5.41, 5.74) is 2.92. The molecule has 0 bridgehead atoms. The molecular formula is C15H19N3O. The van der Waals surface area contributed by atoms with Crippen molar-refractivity contribution in [2.24, 2.45) is 0 Å². The lowest BCUT2D eigenvalue weighted by Crippen LogP contribution is -2.23. The Hall–Kier alpha value is -1.94. The van der Waals surface area contributed by atoms with Gasteiger partial charge in [0.25, 0.3) is 0 Å². The number of aliphatic hydroxyl groups excluding tert-OH is 1. The van der Waals surface area contributed by atoms with Gasteiger partial charge in [-0.15, -0.1) is 0 Å². The third-order valence-corrected chi connectivity index (χ3v) is 3.00. The van der Waals surface area contributed by atoms with Crippen LogP contribution in [0.2, 0.25) is 0 Å². The zero-order valence-corrected chi connectivity index (χ0v) is 11.4. The molecule has 19 heavy (non-hydrogen) atoms. The highest BCUT2D eigenvalue weighted by Gasteiger charge is 2.08. The molecule has 100 valence electrons. The molecule has 0 fully saturated rings. The average Bonchev–Trinajstić information content (AvgIpc) is 2.45. The van der Waals surface area contributed by atoms with E-state index in [1.807, 2.05) is 37.3 Å². The predicted molar refractivity (Wildman–Crippen MR) is 75.9 cm³/mol. The van der Waals surface area contributed by atoms with Crippen molar-refractivity contribution in [2.75, 3.05) is 11.4 Å². The summed E-state index contributed by atoms with van der Waals surface area (Å²) in [5.74, 6) is 0.873. The van der Waals surface area contributed by atoms with Crippen LogP contribution in [0, 0.1) is 6.92 Å². The first-order valence-electron chi connectivity index (χ1n) is 6.46. The van der Waals surface area contributed by atoms with Crippen LogP contribution in [0.25, 0.3) is 0 Å². The highest BCUT2D eigenvalue weighted by Crippen LogP contribution is 2.15. The van der Waals surface area contributed by atoms with Crippen molar-refractivity contribution in [3.8, 4) is 0 Å². The van der Waals surface area contributed by atoms with Gasteiger partial charge >= 0.3 is 0 Å². The molecule has 0 atom stereocenters. The van der Waals surface area contributed by atoms with Gasteiger partial charge in [0.2, 0.25) is 0 Å². The lowest BCUT2D eigenvalue weighted by atomic mass is 10.2. The van der Waals surface area contributed by atoms with Crippen LogP contribution in [0.15, 0.2) is 36.5 Å². The van der Waals surface area contributed by atoms with Gasteiger partial charge < -0.3 is 10.0 Å². The smallest absolute Gasteiger partial charge is 0.129 e. The van der Waals surface area contributed by atoms with E-state index >= 15 is 0 Å². The maximum Gasteiger partial charge on any atom is 0.129 e. The third kappa shape index (κ3) is 3.51. The lowest BCUT2D eigenvalue weighted by molar-refractivity contribution is 0.281. The van der Waals surface area contributed by atoms with Crippen molar-refractivity contribution in [1.29, 1.82) is 0 Å². The standard InChI is InChI=1S/C15H19N3O/c1-3-18(10-14-6-4-5-12(2)17-14)15-9-13(11-19)7-8-16-15/h4-9,19H,3,10-11H2,1-2H3. The number of rotatable bonds is 5. The van der Waals surface area contributed by atoms with Crippen LogP contribution in [0.1, 0.15) is 23.9 Å². The molecule has 0 spiro atoms. The number of nitrogens with zero attached hydrogens (tertiary/aromatic N) is 3. The minimum Gasteiger partial charge on any atom is -0.392 e. The quantitative estimate of drug-likeness (QED) is 0.893. The summed E-state index contributed by atoms with van der Waals surface area (Å²) in [6, 6.07) is 9.76. The molecule has 2 aromatic heterocycles. The number of anilines is 1. The Kier molecular flexibility index (Phi) is 4.47. The summed E-state index contributed by atoms with van der Waals surface area (Å²) in [4.78, 5) is 11.0. The van der Waals surface area contributed by atoms with Crippen molar-refractivity contribution in [3.63, 3.8) is 0 Å². The number of aromatic nitrogens is 2. The van der Waals surface area contributed by atoms with Gasteiger partial charge in [-0.1, -0.05) is 6.07 Å². The first kappa shape index (κ1) is 13.5. The molecule has 2 heterocycles. The Balaban J connectivity index is 2.19. The zero-order chi connectivity index (χ0) is 13.7. The SMILES string of the molecule is CCN(Cc1cccc(C)n1)c1cc(CO)ccn1. The van der Waals surface area contributed by atoms with Crippen molar-refractivity contribution >= 4 is 5.82 Å². The van der Waals surface area contributed by atoms with E-state index in [1.165, 1.54) is 0 Å². The molecular weight excluding hydrogens is 238 g/mol. The molecule has 4 nitrogen and oxygen atoms in total. The fraction of sp³-hybridized carbons (Fsp3) is 0.333. The largest absolute Gasteiger partial charge is 0.392 e. The maximum absolute atomic E-state index is 9.18. The van der Waals surface area contributed by atoms with E-state index in [-0.39, 0.29) is 6.61 Å². The van der Waals surface area contributed by atoms with E-state index in [0.29, 0.717) is 0 Å². The number of pyridine rings is 2. The Morgan fingerprint density at radius 1 is 1.26 bits per heavy atom. The molecule has 4 heteroatoms. The summed E-state index contributed by atoms with van der Waals surface area (Å²) in [5, 5.41) is 9.18. The summed E-state index contributed by atoms with van der Waals surface area (Å²) >= 11 is 0. The first-order chi connectivity index (χ1) is 9.22. The van der Waals surface area contributed by atoms with E-state index in [0.717, 1.165) is 35.9 Å². The molecule has 0 aliphatic heterocycles. The Bertz CT molecular complexity index is 542. The first-order valence-corrected chi connectivity index (χ1v) is 6.46. The van der Waals surface area contributed by atoms with Gasteiger partial charge in [0.1, 0.15) is 5.82 Å². The van der Waals surface area contributed by atoms with Crippen molar-refractivity contribution in [2.45, 2.75) is 27.0 Å². The summed E-state index contributed by atoms with van der Waals surface area (Å²) < 4.78 is 0. The lowest BCUT2D eigenvalue weighted by Gasteiger charge is -2.22. The molecule has 0 saturated carbocycles. The van der Waals surface area contributed by atoms with E-state index in [4.69, 9.17) is 0 Å².